The lowest BCUT2D eigenvalue weighted by atomic mass is 10.3. The van der Waals surface area contributed by atoms with Gasteiger partial charge in [0.2, 0.25) is 0 Å². The second-order valence-corrected chi connectivity index (χ2v) is 7.20. The van der Waals surface area contributed by atoms with Gasteiger partial charge in [0.1, 0.15) is 0 Å². The van der Waals surface area contributed by atoms with E-state index < -0.39 is 10.0 Å². The molecule has 0 atom stereocenters. The van der Waals surface area contributed by atoms with E-state index in [4.69, 9.17) is 5.11 Å². The quantitative estimate of drug-likeness (QED) is 0.781. The van der Waals surface area contributed by atoms with E-state index in [2.05, 4.69) is 22.6 Å². The van der Waals surface area contributed by atoms with Gasteiger partial charge in [0.15, 0.2) is 0 Å². The highest BCUT2D eigenvalue weighted by Crippen LogP contribution is 2.23. The van der Waals surface area contributed by atoms with Crippen LogP contribution in [0.4, 0.5) is 5.69 Å². The largest absolute Gasteiger partial charge is 0.394 e. The van der Waals surface area contributed by atoms with Gasteiger partial charge < -0.3 is 5.11 Å². The Morgan fingerprint density at radius 2 is 1.60 bits per heavy atom. The number of nitrogens with zero attached hydrogens (tertiary/aromatic N) is 1. The summed E-state index contributed by atoms with van der Waals surface area (Å²) in [6.07, 6.45) is 0. The minimum absolute atomic E-state index is 0.0261. The van der Waals surface area contributed by atoms with Gasteiger partial charge in [-0.1, -0.05) is 18.2 Å². The lowest BCUT2D eigenvalue weighted by molar-refractivity contribution is 0.306. The Kier molecular flexibility index (Phi) is 5.00. The first kappa shape index (κ1) is 15.3. The Morgan fingerprint density at radius 3 is 2.15 bits per heavy atom. The van der Waals surface area contributed by atoms with Gasteiger partial charge in [-0.15, -0.1) is 0 Å². The van der Waals surface area contributed by atoms with Crippen molar-refractivity contribution in [2.24, 2.45) is 0 Å². The predicted octanol–water partition coefficient (Wildman–Crippen LogP) is 2.48. The van der Waals surface area contributed by atoms with Crippen LogP contribution in [0.3, 0.4) is 0 Å². The van der Waals surface area contributed by atoms with Crippen LogP contribution in [0.2, 0.25) is 0 Å². The molecule has 0 aliphatic carbocycles. The summed E-state index contributed by atoms with van der Waals surface area (Å²) < 4.78 is 27.5. The minimum Gasteiger partial charge on any atom is -0.394 e. The van der Waals surface area contributed by atoms with Crippen molar-refractivity contribution in [1.29, 1.82) is 0 Å². The van der Waals surface area contributed by atoms with Crippen LogP contribution in [0.1, 0.15) is 0 Å². The molecule has 0 radical (unpaired) electrons. The first-order valence-corrected chi connectivity index (χ1v) is 8.52. The number of benzene rings is 2. The number of sulfonamides is 1. The average molecular weight is 403 g/mol. The van der Waals surface area contributed by atoms with E-state index in [0.29, 0.717) is 5.69 Å². The van der Waals surface area contributed by atoms with Crippen molar-refractivity contribution in [2.45, 2.75) is 4.90 Å². The van der Waals surface area contributed by atoms with Crippen LogP contribution in [-0.4, -0.2) is 26.7 Å². The average Bonchev–Trinajstić information content (AvgIpc) is 2.46. The number of aliphatic hydroxyl groups is 1. The molecule has 0 saturated carbocycles. The second kappa shape index (κ2) is 6.55. The third-order valence-electron chi connectivity index (χ3n) is 2.75. The van der Waals surface area contributed by atoms with Gasteiger partial charge in [0.05, 0.1) is 23.7 Å². The van der Waals surface area contributed by atoms with Crippen LogP contribution >= 0.6 is 22.6 Å². The number of anilines is 1. The zero-order chi connectivity index (χ0) is 14.6. The Hall–Kier alpha value is -1.12. The van der Waals surface area contributed by atoms with E-state index in [1.807, 2.05) is 6.07 Å². The minimum atomic E-state index is -3.66. The zero-order valence-electron chi connectivity index (χ0n) is 10.6. The van der Waals surface area contributed by atoms with Crippen molar-refractivity contribution in [2.75, 3.05) is 17.5 Å². The highest BCUT2D eigenvalue weighted by Gasteiger charge is 2.24. The highest BCUT2D eigenvalue weighted by atomic mass is 127. The summed E-state index contributed by atoms with van der Waals surface area (Å²) in [7, 11) is -3.66. The van der Waals surface area contributed by atoms with Crippen LogP contribution in [0.15, 0.2) is 59.5 Å². The molecule has 20 heavy (non-hydrogen) atoms. The summed E-state index contributed by atoms with van der Waals surface area (Å²) in [5.74, 6) is 0. The number of halogens is 1. The zero-order valence-corrected chi connectivity index (χ0v) is 13.6. The maximum atomic E-state index is 12.6. The van der Waals surface area contributed by atoms with Gasteiger partial charge in [-0.2, -0.15) is 0 Å². The molecule has 0 unspecified atom stereocenters. The molecule has 0 heterocycles. The van der Waals surface area contributed by atoms with Crippen molar-refractivity contribution in [3.05, 3.63) is 58.2 Å². The Morgan fingerprint density at radius 1 is 1.00 bits per heavy atom. The van der Waals surface area contributed by atoms with Gasteiger partial charge in [-0.25, -0.2) is 8.42 Å². The van der Waals surface area contributed by atoms with Gasteiger partial charge in [0, 0.05) is 3.57 Å². The van der Waals surface area contributed by atoms with E-state index in [-0.39, 0.29) is 18.0 Å². The fourth-order valence-electron chi connectivity index (χ4n) is 1.81. The molecule has 0 aromatic heterocycles. The van der Waals surface area contributed by atoms with E-state index in [1.54, 1.807) is 48.5 Å². The molecular weight excluding hydrogens is 389 g/mol. The van der Waals surface area contributed by atoms with Crippen molar-refractivity contribution in [3.8, 4) is 0 Å². The Bertz CT molecular complexity index is 657. The highest BCUT2D eigenvalue weighted by molar-refractivity contribution is 14.1. The molecule has 1 N–H and O–H groups in total. The van der Waals surface area contributed by atoms with Gasteiger partial charge >= 0.3 is 0 Å². The monoisotopic (exact) mass is 403 g/mol. The molecule has 0 saturated heterocycles. The van der Waals surface area contributed by atoms with Gasteiger partial charge in [-0.05, 0) is 59.0 Å². The normalized spacial score (nSPS) is 11.3. The Labute approximate surface area is 132 Å². The fraction of sp³-hybridized carbons (Fsp3) is 0.143. The SMILES string of the molecule is O=S(=O)(c1ccc(I)cc1)N(CCO)c1ccccc1. The van der Waals surface area contributed by atoms with E-state index >= 15 is 0 Å². The molecule has 0 aliphatic rings. The maximum absolute atomic E-state index is 12.6. The van der Waals surface area contributed by atoms with Crippen LogP contribution < -0.4 is 4.31 Å². The maximum Gasteiger partial charge on any atom is 0.264 e. The van der Waals surface area contributed by atoms with Crippen LogP contribution in [0, 0.1) is 3.57 Å². The molecule has 2 aromatic rings. The number of aliphatic hydroxyl groups excluding tert-OH is 1. The molecule has 6 heteroatoms. The molecule has 0 amide bonds. The fourth-order valence-corrected chi connectivity index (χ4v) is 3.62. The molecular formula is C14H14INO3S. The topological polar surface area (TPSA) is 57.6 Å². The summed E-state index contributed by atoms with van der Waals surface area (Å²) >= 11 is 2.12. The number of hydrogen-bond acceptors (Lipinski definition) is 3. The lowest BCUT2D eigenvalue weighted by Gasteiger charge is -2.23. The van der Waals surface area contributed by atoms with Crippen LogP contribution in [0.5, 0.6) is 0 Å². The molecule has 4 nitrogen and oxygen atoms in total. The molecule has 0 bridgehead atoms. The third kappa shape index (κ3) is 3.31. The summed E-state index contributed by atoms with van der Waals surface area (Å²) in [6, 6.07) is 15.4. The summed E-state index contributed by atoms with van der Waals surface area (Å²) in [6.45, 7) is -0.211. The van der Waals surface area contributed by atoms with Crippen molar-refractivity contribution < 1.29 is 13.5 Å². The number of rotatable bonds is 5. The first-order chi connectivity index (χ1) is 9.55. The van der Waals surface area contributed by atoms with E-state index in [0.717, 1.165) is 3.57 Å². The van der Waals surface area contributed by atoms with E-state index in [9.17, 15) is 8.42 Å². The summed E-state index contributed by atoms with van der Waals surface area (Å²) in [5.41, 5.74) is 0.542. The number of hydrogen-bond donors (Lipinski definition) is 1. The van der Waals surface area contributed by atoms with Crippen molar-refractivity contribution >= 4 is 38.3 Å². The molecule has 2 aromatic carbocycles. The summed E-state index contributed by atoms with van der Waals surface area (Å²) in [4.78, 5) is 0.218. The summed E-state index contributed by atoms with van der Waals surface area (Å²) in [5, 5.41) is 9.15. The van der Waals surface area contributed by atoms with E-state index in [1.165, 1.54) is 4.31 Å². The standard InChI is InChI=1S/C14H14INO3S/c15-12-6-8-14(9-7-12)20(18,19)16(10-11-17)13-4-2-1-3-5-13/h1-9,17H,10-11H2. The number of para-hydroxylation sites is 1. The smallest absolute Gasteiger partial charge is 0.264 e. The molecule has 0 aliphatic heterocycles. The first-order valence-electron chi connectivity index (χ1n) is 6.00. The Balaban J connectivity index is 2.45. The molecule has 0 spiro atoms. The van der Waals surface area contributed by atoms with Crippen LogP contribution in [-0.2, 0) is 10.0 Å². The van der Waals surface area contributed by atoms with Crippen molar-refractivity contribution in [3.63, 3.8) is 0 Å². The van der Waals surface area contributed by atoms with Gasteiger partial charge in [-0.3, -0.25) is 4.31 Å². The third-order valence-corrected chi connectivity index (χ3v) is 5.31. The molecule has 0 fully saturated rings. The van der Waals surface area contributed by atoms with Crippen molar-refractivity contribution in [1.82, 2.24) is 0 Å². The molecule has 2 rings (SSSR count). The lowest BCUT2D eigenvalue weighted by Crippen LogP contribution is -2.33. The predicted molar refractivity (Wildman–Crippen MR) is 87.2 cm³/mol. The van der Waals surface area contributed by atoms with Gasteiger partial charge in [0.25, 0.3) is 10.0 Å². The van der Waals surface area contributed by atoms with Crippen LogP contribution in [0.25, 0.3) is 0 Å². The second-order valence-electron chi connectivity index (χ2n) is 4.09. The molecule has 106 valence electrons.